The second kappa shape index (κ2) is 7.60. The lowest BCUT2D eigenvalue weighted by Crippen LogP contribution is -2.63. The number of aliphatic hydroxyl groups excluding tert-OH is 2. The first-order valence-electron chi connectivity index (χ1n) is 13.3. The lowest BCUT2D eigenvalue weighted by atomic mass is 9.45. The molecule has 4 fully saturated rings. The summed E-state index contributed by atoms with van der Waals surface area (Å²) >= 11 is 0. The van der Waals surface area contributed by atoms with Gasteiger partial charge in [-0.05, 0) is 66.9 Å². The van der Waals surface area contributed by atoms with Gasteiger partial charge in [0.05, 0.1) is 24.1 Å². The molecule has 7 rings (SSSR count). The Morgan fingerprint density at radius 2 is 2.06 bits per heavy atom. The molecule has 1 aromatic heterocycles. The second-order valence-corrected chi connectivity index (χ2v) is 12.1. The van der Waals surface area contributed by atoms with Crippen LogP contribution in [0.2, 0.25) is 0 Å². The number of ketones is 1. The summed E-state index contributed by atoms with van der Waals surface area (Å²) in [6.45, 7) is 3.81. The number of fused-ring (bicyclic) bond motifs is 8. The third-order valence-corrected chi connectivity index (χ3v) is 10.7. The summed E-state index contributed by atoms with van der Waals surface area (Å²) in [4.78, 5) is 13.6. The molecule has 0 radical (unpaired) electrons. The normalized spacial score (nSPS) is 44.6. The van der Waals surface area contributed by atoms with Crippen LogP contribution in [0, 0.1) is 28.6 Å². The summed E-state index contributed by atoms with van der Waals surface area (Å²) in [6.07, 6.45) is 6.42. The Hall–Kier alpha value is -2.32. The lowest BCUT2D eigenvalue weighted by molar-refractivity contribution is -0.203. The van der Waals surface area contributed by atoms with E-state index >= 15 is 0 Å². The number of aromatic amines is 1. The summed E-state index contributed by atoms with van der Waals surface area (Å²) in [7, 11) is 0. The van der Waals surface area contributed by atoms with Crippen LogP contribution in [0.15, 0.2) is 42.1 Å². The van der Waals surface area contributed by atoms with Crippen LogP contribution in [-0.2, 0) is 20.7 Å². The summed E-state index contributed by atoms with van der Waals surface area (Å²) < 4.78 is 13.1. The van der Waals surface area contributed by atoms with E-state index in [-0.39, 0.29) is 29.0 Å². The van der Waals surface area contributed by atoms with Gasteiger partial charge in [0.1, 0.15) is 6.61 Å². The van der Waals surface area contributed by atoms with Gasteiger partial charge in [-0.15, -0.1) is 0 Å². The zero-order valence-electron chi connectivity index (χ0n) is 20.8. The number of aromatic nitrogens is 2. The highest BCUT2D eigenvalue weighted by Crippen LogP contribution is 2.70. The molecule has 7 nitrogen and oxygen atoms in total. The number of rotatable bonds is 3. The molecular weight excluding hydrogens is 456 g/mol. The van der Waals surface area contributed by atoms with Gasteiger partial charge in [-0.1, -0.05) is 49.8 Å². The van der Waals surface area contributed by atoms with Crippen molar-refractivity contribution in [1.29, 1.82) is 0 Å². The summed E-state index contributed by atoms with van der Waals surface area (Å²) in [5.74, 6) is 0.159. The van der Waals surface area contributed by atoms with E-state index in [9.17, 15) is 15.0 Å². The van der Waals surface area contributed by atoms with E-state index in [2.05, 4.69) is 30.1 Å². The van der Waals surface area contributed by atoms with Crippen molar-refractivity contribution >= 4 is 11.9 Å². The molecule has 2 aromatic rings. The Bertz CT molecular complexity index is 1240. The van der Waals surface area contributed by atoms with E-state index in [4.69, 9.17) is 9.47 Å². The van der Waals surface area contributed by atoms with Crippen LogP contribution in [0.25, 0.3) is 6.08 Å². The smallest absolute Gasteiger partial charge is 0.193 e. The highest BCUT2D eigenvalue weighted by atomic mass is 16.7. The average Bonchev–Trinajstić information content (AvgIpc) is 3.54. The van der Waals surface area contributed by atoms with E-state index in [0.717, 1.165) is 30.5 Å². The summed E-state index contributed by atoms with van der Waals surface area (Å²) in [6, 6.07) is 9.68. The number of nitrogens with one attached hydrogen (secondary N) is 1. The van der Waals surface area contributed by atoms with Gasteiger partial charge in [0.15, 0.2) is 17.7 Å². The van der Waals surface area contributed by atoms with Crippen molar-refractivity contribution in [3.8, 4) is 0 Å². The van der Waals surface area contributed by atoms with Crippen LogP contribution in [0.4, 0.5) is 0 Å². The van der Waals surface area contributed by atoms with Gasteiger partial charge in [0.25, 0.3) is 0 Å². The largest absolute Gasteiger partial charge is 0.393 e. The monoisotopic (exact) mass is 490 g/mol. The number of nitrogens with zero attached hydrogens (tertiary/aromatic N) is 1. The maximum absolute atomic E-state index is 13.6. The van der Waals surface area contributed by atoms with Crippen molar-refractivity contribution in [2.45, 2.75) is 70.1 Å². The van der Waals surface area contributed by atoms with E-state index in [1.807, 2.05) is 36.5 Å². The molecule has 1 unspecified atom stereocenters. The van der Waals surface area contributed by atoms with E-state index < -0.39 is 36.1 Å². The van der Waals surface area contributed by atoms with Crippen LogP contribution in [-0.4, -0.2) is 50.6 Å². The number of carbonyl (C=O) groups excluding carboxylic acids is 1. The first kappa shape index (κ1) is 22.8. The number of H-pyrrole nitrogens is 1. The minimum atomic E-state index is -1.26. The zero-order valence-corrected chi connectivity index (χ0v) is 20.8. The van der Waals surface area contributed by atoms with Crippen molar-refractivity contribution in [1.82, 2.24) is 10.2 Å². The number of aliphatic hydroxyl groups is 2. The van der Waals surface area contributed by atoms with Crippen LogP contribution >= 0.6 is 0 Å². The molecule has 36 heavy (non-hydrogen) atoms. The molecule has 5 aliphatic rings. The number of Topliss-reactive ketones (excluding diaryl/α,β-unsaturated/α-hetero) is 1. The van der Waals surface area contributed by atoms with Gasteiger partial charge in [0.2, 0.25) is 0 Å². The topological polar surface area (TPSA) is 105 Å². The fourth-order valence-electron chi connectivity index (χ4n) is 9.22. The van der Waals surface area contributed by atoms with Crippen LogP contribution in [0.5, 0.6) is 0 Å². The number of hydrogen-bond acceptors (Lipinski definition) is 6. The molecule has 7 heteroatoms. The van der Waals surface area contributed by atoms with Gasteiger partial charge in [-0.3, -0.25) is 9.89 Å². The molecule has 9 atom stereocenters. The molecule has 190 valence electrons. The molecule has 4 aliphatic carbocycles. The third kappa shape index (κ3) is 2.72. The van der Waals surface area contributed by atoms with Gasteiger partial charge in [-0.25, -0.2) is 0 Å². The molecular formula is C29H34N2O5. The molecule has 3 saturated carbocycles. The van der Waals surface area contributed by atoms with Gasteiger partial charge in [0, 0.05) is 11.0 Å². The lowest BCUT2D eigenvalue weighted by Gasteiger charge is -2.60. The second-order valence-electron chi connectivity index (χ2n) is 12.1. The molecule has 3 N–H and O–H groups in total. The predicted molar refractivity (Wildman–Crippen MR) is 131 cm³/mol. The Labute approximate surface area is 210 Å². The van der Waals surface area contributed by atoms with Crippen molar-refractivity contribution in [2.75, 3.05) is 6.61 Å². The molecule has 0 bridgehead atoms. The van der Waals surface area contributed by atoms with Crippen LogP contribution < -0.4 is 0 Å². The highest BCUT2D eigenvalue weighted by molar-refractivity contribution is 5.91. The van der Waals surface area contributed by atoms with Crippen molar-refractivity contribution in [3.63, 3.8) is 0 Å². The Morgan fingerprint density at radius 3 is 2.83 bits per heavy atom. The zero-order chi connectivity index (χ0) is 24.9. The third-order valence-electron chi connectivity index (χ3n) is 10.7. The Morgan fingerprint density at radius 1 is 1.25 bits per heavy atom. The summed E-state index contributed by atoms with van der Waals surface area (Å²) in [5, 5.41) is 29.4. The standard InChI is InChI=1S/C29H34N2O5/c1-27-12-17-14-30-31-21(17)10-18(27)8-9-19-20-11-24-29(23(34)15-32,28(20,2)13-22(33)25(19)27)36-26(35-24)16-6-4-3-5-7-16/h3-7,10,14,19-20,22,24-26,32-33H,8-9,11-13,15H2,1-2H3,(H,30,31)/t19-,20-,22-,24+,25+,26?,27-,28-,29+/m0/s1. The number of allylic oxidation sites excluding steroid dienone is 1. The van der Waals surface area contributed by atoms with Crippen molar-refractivity contribution in [3.05, 3.63) is 58.9 Å². The molecule has 1 aromatic carbocycles. The molecule has 0 amide bonds. The first-order chi connectivity index (χ1) is 17.3. The van der Waals surface area contributed by atoms with Gasteiger partial charge < -0.3 is 19.7 Å². The summed E-state index contributed by atoms with van der Waals surface area (Å²) in [5.41, 5.74) is 2.50. The van der Waals surface area contributed by atoms with Crippen LogP contribution in [0.1, 0.15) is 62.6 Å². The van der Waals surface area contributed by atoms with Gasteiger partial charge >= 0.3 is 0 Å². The maximum Gasteiger partial charge on any atom is 0.193 e. The first-order valence-corrected chi connectivity index (χ1v) is 13.3. The Kier molecular flexibility index (Phi) is 4.82. The Balaban J connectivity index is 1.28. The number of benzene rings is 1. The van der Waals surface area contributed by atoms with Crippen molar-refractivity contribution < 1.29 is 24.5 Å². The molecule has 1 aliphatic heterocycles. The molecule has 2 heterocycles. The molecule has 0 spiro atoms. The van der Waals surface area contributed by atoms with E-state index in [0.29, 0.717) is 12.8 Å². The minimum Gasteiger partial charge on any atom is -0.393 e. The number of carbonyl (C=O) groups is 1. The SMILES string of the molecule is C[C@]12Cc3cn[nH]c3C=C1CC[C@@H]1[C@@H]2[C@@H](O)C[C@@]2(C)[C@H]1C[C@H]1OC(c3ccccc3)O[C@]12C(=O)CO. The predicted octanol–water partition coefficient (Wildman–Crippen LogP) is 3.59. The maximum atomic E-state index is 13.6. The van der Waals surface area contributed by atoms with E-state index in [1.165, 1.54) is 11.1 Å². The minimum absolute atomic E-state index is 0.0867. The van der Waals surface area contributed by atoms with Gasteiger partial charge in [-0.2, -0.15) is 5.10 Å². The quantitative estimate of drug-likeness (QED) is 0.608. The van der Waals surface area contributed by atoms with E-state index in [1.54, 1.807) is 0 Å². The number of hydrogen-bond donors (Lipinski definition) is 3. The highest BCUT2D eigenvalue weighted by Gasteiger charge is 2.76. The fraction of sp³-hybridized carbons (Fsp3) is 0.586. The average molecular weight is 491 g/mol. The molecule has 1 saturated heterocycles. The fourth-order valence-corrected chi connectivity index (χ4v) is 9.22. The van der Waals surface area contributed by atoms with Crippen molar-refractivity contribution in [2.24, 2.45) is 28.6 Å². The number of ether oxygens (including phenoxy) is 2. The van der Waals surface area contributed by atoms with Crippen LogP contribution in [0.3, 0.4) is 0 Å².